The van der Waals surface area contributed by atoms with Gasteiger partial charge < -0.3 is 10.1 Å². The molecule has 0 saturated heterocycles. The van der Waals surface area contributed by atoms with E-state index in [1.54, 1.807) is 0 Å². The maximum Gasteiger partial charge on any atom is 0.573 e. The second-order valence-corrected chi connectivity index (χ2v) is 7.20. The van der Waals surface area contributed by atoms with Crippen molar-refractivity contribution in [2.75, 3.05) is 13.1 Å². The molecule has 0 bridgehead atoms. The molecule has 0 aliphatic carbocycles. The van der Waals surface area contributed by atoms with Gasteiger partial charge in [-0.15, -0.1) is 13.2 Å². The highest BCUT2D eigenvalue weighted by atomic mass is 32.2. The molecule has 0 fully saturated rings. The third kappa shape index (κ3) is 7.27. The maximum atomic E-state index is 12.1. The van der Waals surface area contributed by atoms with Crippen molar-refractivity contribution in [1.82, 2.24) is 10.0 Å². The molecule has 2 aromatic carbocycles. The fourth-order valence-corrected chi connectivity index (χ4v) is 3.10. The van der Waals surface area contributed by atoms with Crippen molar-refractivity contribution in [3.63, 3.8) is 0 Å². The minimum atomic E-state index is -4.86. The Morgan fingerprint density at radius 3 is 2.22 bits per heavy atom. The largest absolute Gasteiger partial charge is 0.573 e. The van der Waals surface area contributed by atoms with Gasteiger partial charge in [0.15, 0.2) is 0 Å². The first-order chi connectivity index (χ1) is 12.7. The zero-order valence-corrected chi connectivity index (χ0v) is 14.8. The predicted octanol–water partition coefficient (Wildman–Crippen LogP) is 2.22. The highest BCUT2D eigenvalue weighted by Gasteiger charge is 2.31. The number of alkyl halides is 3. The van der Waals surface area contributed by atoms with Crippen molar-refractivity contribution in [3.8, 4) is 5.75 Å². The molecule has 1 amide bonds. The van der Waals surface area contributed by atoms with Crippen molar-refractivity contribution in [1.29, 1.82) is 0 Å². The van der Waals surface area contributed by atoms with Crippen molar-refractivity contribution in [2.24, 2.45) is 0 Å². The van der Waals surface area contributed by atoms with Crippen LogP contribution in [0.15, 0.2) is 59.5 Å². The van der Waals surface area contributed by atoms with Crippen LogP contribution in [-0.4, -0.2) is 33.8 Å². The number of amides is 1. The third-order valence-corrected chi connectivity index (χ3v) is 4.79. The second kappa shape index (κ2) is 8.87. The van der Waals surface area contributed by atoms with Crippen LogP contribution in [0.25, 0.3) is 0 Å². The van der Waals surface area contributed by atoms with Gasteiger partial charge >= 0.3 is 6.36 Å². The van der Waals surface area contributed by atoms with Crippen LogP contribution in [-0.2, 0) is 21.2 Å². The molecule has 2 N–H and O–H groups in total. The third-order valence-electron chi connectivity index (χ3n) is 3.37. The first-order valence-corrected chi connectivity index (χ1v) is 9.30. The normalized spacial score (nSPS) is 11.8. The molecule has 0 aliphatic rings. The van der Waals surface area contributed by atoms with Gasteiger partial charge in [-0.2, -0.15) is 0 Å². The maximum absolute atomic E-state index is 12.1. The Morgan fingerprint density at radius 1 is 1.00 bits per heavy atom. The van der Waals surface area contributed by atoms with E-state index in [2.05, 4.69) is 14.8 Å². The Bertz CT molecular complexity index is 854. The van der Waals surface area contributed by atoms with E-state index < -0.39 is 34.6 Å². The molecule has 146 valence electrons. The molecule has 0 heterocycles. The average Bonchev–Trinajstić information content (AvgIpc) is 2.60. The van der Waals surface area contributed by atoms with Gasteiger partial charge in [-0.25, -0.2) is 13.1 Å². The van der Waals surface area contributed by atoms with E-state index >= 15 is 0 Å². The number of hydrogen-bond donors (Lipinski definition) is 2. The lowest BCUT2D eigenvalue weighted by atomic mass is 10.1. The van der Waals surface area contributed by atoms with E-state index in [1.165, 1.54) is 0 Å². The molecule has 10 heteroatoms. The van der Waals surface area contributed by atoms with E-state index in [9.17, 15) is 26.4 Å². The molecule has 0 aromatic heterocycles. The van der Waals surface area contributed by atoms with E-state index in [1.807, 2.05) is 30.3 Å². The number of sulfonamides is 1. The fraction of sp³-hybridized carbons (Fsp3) is 0.235. The summed E-state index contributed by atoms with van der Waals surface area (Å²) in [6, 6.07) is 13.1. The molecule has 6 nitrogen and oxygen atoms in total. The Balaban J connectivity index is 1.82. The van der Waals surface area contributed by atoms with Crippen molar-refractivity contribution < 1.29 is 31.1 Å². The number of hydrogen-bond acceptors (Lipinski definition) is 4. The molecule has 0 radical (unpaired) electrons. The van der Waals surface area contributed by atoms with E-state index in [0.717, 1.165) is 29.8 Å². The first-order valence-electron chi connectivity index (χ1n) is 7.82. The van der Waals surface area contributed by atoms with Gasteiger partial charge in [0.05, 0.1) is 11.4 Å². The first kappa shape index (κ1) is 20.7. The van der Waals surface area contributed by atoms with Gasteiger partial charge in [-0.3, -0.25) is 4.79 Å². The Hall–Kier alpha value is -2.59. The highest BCUT2D eigenvalue weighted by Crippen LogP contribution is 2.23. The Morgan fingerprint density at radius 2 is 1.63 bits per heavy atom. The number of halogens is 3. The number of nitrogens with one attached hydrogen (secondary N) is 2. The molecule has 0 atom stereocenters. The summed E-state index contributed by atoms with van der Waals surface area (Å²) < 4.78 is 66.2. The van der Waals surface area contributed by atoms with Gasteiger partial charge in [-0.1, -0.05) is 30.3 Å². The summed E-state index contributed by atoms with van der Waals surface area (Å²) in [7, 11) is -4.04. The summed E-state index contributed by atoms with van der Waals surface area (Å²) >= 11 is 0. The lowest BCUT2D eigenvalue weighted by molar-refractivity contribution is -0.274. The highest BCUT2D eigenvalue weighted by molar-refractivity contribution is 7.89. The monoisotopic (exact) mass is 402 g/mol. The van der Waals surface area contributed by atoms with Crippen LogP contribution in [0.3, 0.4) is 0 Å². The fourth-order valence-electron chi connectivity index (χ4n) is 2.12. The van der Waals surface area contributed by atoms with Crippen LogP contribution in [0, 0.1) is 0 Å². The predicted molar refractivity (Wildman–Crippen MR) is 91.5 cm³/mol. The number of carbonyl (C=O) groups is 1. The molecular weight excluding hydrogens is 385 g/mol. The molecule has 2 rings (SSSR count). The van der Waals surface area contributed by atoms with Crippen molar-refractivity contribution in [2.45, 2.75) is 17.7 Å². The summed E-state index contributed by atoms with van der Waals surface area (Å²) in [6.45, 7) is -0.147. The SMILES string of the molecule is O=C(CNS(=O)(=O)c1ccc(OC(F)(F)F)cc1)NCCc1ccccc1. The van der Waals surface area contributed by atoms with Gasteiger partial charge in [0, 0.05) is 6.54 Å². The topological polar surface area (TPSA) is 84.5 Å². The summed E-state index contributed by atoms with van der Waals surface area (Å²) in [4.78, 5) is 11.5. The molecule has 0 unspecified atom stereocenters. The quantitative estimate of drug-likeness (QED) is 0.709. The van der Waals surface area contributed by atoms with Crippen molar-refractivity contribution >= 4 is 15.9 Å². The summed E-state index contributed by atoms with van der Waals surface area (Å²) in [6.07, 6.45) is -4.27. The number of benzene rings is 2. The standard InChI is InChI=1S/C17H17F3N2O4S/c18-17(19,20)26-14-6-8-15(9-7-14)27(24,25)22-12-16(23)21-11-10-13-4-2-1-3-5-13/h1-9,22H,10-12H2,(H,21,23). The van der Waals surface area contributed by atoms with Crippen LogP contribution in [0.4, 0.5) is 13.2 Å². The zero-order chi connectivity index (χ0) is 19.9. The smallest absolute Gasteiger partial charge is 0.406 e. The molecule has 0 saturated carbocycles. The van der Waals surface area contributed by atoms with Gasteiger partial charge in [0.25, 0.3) is 0 Å². The van der Waals surface area contributed by atoms with Crippen LogP contribution in [0.1, 0.15) is 5.56 Å². The molecular formula is C17H17F3N2O4S. The van der Waals surface area contributed by atoms with Crippen molar-refractivity contribution in [3.05, 3.63) is 60.2 Å². The molecule has 2 aromatic rings. The number of carbonyl (C=O) groups excluding carboxylic acids is 1. The van der Waals surface area contributed by atoms with E-state index in [4.69, 9.17) is 0 Å². The van der Waals surface area contributed by atoms with Crippen LogP contribution in [0.2, 0.25) is 0 Å². The molecule has 27 heavy (non-hydrogen) atoms. The Labute approximate surface area is 154 Å². The van der Waals surface area contributed by atoms with Gasteiger partial charge in [-0.05, 0) is 36.2 Å². The minimum absolute atomic E-state index is 0.283. The zero-order valence-electron chi connectivity index (χ0n) is 14.0. The van der Waals surface area contributed by atoms with Gasteiger partial charge in [0.2, 0.25) is 15.9 Å². The lowest BCUT2D eigenvalue weighted by Gasteiger charge is -2.10. The van der Waals surface area contributed by atoms with Gasteiger partial charge in [0.1, 0.15) is 5.75 Å². The second-order valence-electron chi connectivity index (χ2n) is 5.43. The van der Waals surface area contributed by atoms with E-state index in [0.29, 0.717) is 13.0 Å². The average molecular weight is 402 g/mol. The lowest BCUT2D eigenvalue weighted by Crippen LogP contribution is -2.37. The molecule has 0 spiro atoms. The summed E-state index contributed by atoms with van der Waals surface area (Å²) in [5, 5.41) is 2.58. The summed E-state index contributed by atoms with van der Waals surface area (Å²) in [5.41, 5.74) is 1.03. The van der Waals surface area contributed by atoms with E-state index in [-0.39, 0.29) is 4.90 Å². The number of rotatable bonds is 8. The summed E-state index contributed by atoms with van der Waals surface area (Å²) in [5.74, 6) is -1.06. The minimum Gasteiger partial charge on any atom is -0.406 e. The Kier molecular flexibility index (Phi) is 6.81. The number of ether oxygens (including phenoxy) is 1. The van der Waals surface area contributed by atoms with Crippen LogP contribution < -0.4 is 14.8 Å². The van der Waals surface area contributed by atoms with Crippen LogP contribution in [0.5, 0.6) is 5.75 Å². The molecule has 0 aliphatic heterocycles. The van der Waals surface area contributed by atoms with Crippen LogP contribution >= 0.6 is 0 Å².